The summed E-state index contributed by atoms with van der Waals surface area (Å²) in [7, 11) is 0. The fourth-order valence-electron chi connectivity index (χ4n) is 14.7. The molecule has 107 heavy (non-hydrogen) atoms. The summed E-state index contributed by atoms with van der Waals surface area (Å²) in [6, 6.07) is 45.0. The van der Waals surface area contributed by atoms with Crippen LogP contribution in [0.4, 0.5) is 13.2 Å². The Bertz CT molecular complexity index is 4570. The maximum atomic E-state index is 12.5. The van der Waals surface area contributed by atoms with Gasteiger partial charge in [0.25, 0.3) is 0 Å². The van der Waals surface area contributed by atoms with Gasteiger partial charge in [0.05, 0.1) is 5.56 Å². The molecule has 0 fully saturated rings. The van der Waals surface area contributed by atoms with Gasteiger partial charge in [-0.2, -0.15) is 13.2 Å². The second kappa shape index (κ2) is 36.0. The first-order valence-corrected chi connectivity index (χ1v) is 39.7. The van der Waals surface area contributed by atoms with Crippen LogP contribution in [0.25, 0.3) is 55.6 Å². The lowest BCUT2D eigenvalue weighted by atomic mass is 9.78. The lowest BCUT2D eigenvalue weighted by Gasteiger charge is -2.26. The van der Waals surface area contributed by atoms with E-state index >= 15 is 0 Å². The summed E-state index contributed by atoms with van der Waals surface area (Å²) in [5, 5.41) is 0. The van der Waals surface area contributed by atoms with E-state index in [2.05, 4.69) is 313 Å². The molecule has 0 aromatic heterocycles. The zero-order valence-electron chi connectivity index (χ0n) is 73.1. The quantitative estimate of drug-likeness (QED) is 0.121. The largest absolute Gasteiger partial charge is 0.416 e. The van der Waals surface area contributed by atoms with E-state index in [0.29, 0.717) is 17.8 Å². The molecule has 0 spiro atoms. The van der Waals surface area contributed by atoms with Crippen molar-refractivity contribution in [1.82, 2.24) is 0 Å². The molecule has 0 amide bonds. The van der Waals surface area contributed by atoms with Gasteiger partial charge in [0.15, 0.2) is 0 Å². The number of alkyl halides is 3. The minimum atomic E-state index is -4.28. The second-order valence-corrected chi connectivity index (χ2v) is 34.4. The third-order valence-electron chi connectivity index (χ3n) is 23.7. The smallest absolute Gasteiger partial charge is 0.166 e. The molecular formula is C104H135F3. The van der Waals surface area contributed by atoms with Crippen molar-refractivity contribution in [2.75, 3.05) is 0 Å². The molecule has 0 aliphatic carbocycles. The van der Waals surface area contributed by atoms with Gasteiger partial charge >= 0.3 is 6.18 Å². The summed E-state index contributed by atoms with van der Waals surface area (Å²) < 4.78 is 37.5. The van der Waals surface area contributed by atoms with Crippen molar-refractivity contribution < 1.29 is 13.2 Å². The van der Waals surface area contributed by atoms with Crippen LogP contribution in [0.15, 0.2) is 127 Å². The summed E-state index contributed by atoms with van der Waals surface area (Å²) in [5.74, 6) is 1.62. The zero-order valence-corrected chi connectivity index (χ0v) is 73.1. The van der Waals surface area contributed by atoms with Crippen LogP contribution < -0.4 is 0 Å². The monoisotopic (exact) mass is 1440 g/mol. The average molecular weight is 1440 g/mol. The van der Waals surface area contributed by atoms with Gasteiger partial charge in [0, 0.05) is 0 Å². The second-order valence-electron chi connectivity index (χ2n) is 34.4. The average Bonchev–Trinajstić information content (AvgIpc) is 0.787. The van der Waals surface area contributed by atoms with Gasteiger partial charge in [-0.15, -0.1) is 0 Å². The first-order chi connectivity index (χ1) is 49.6. The Morgan fingerprint density at radius 3 is 0.794 bits per heavy atom. The van der Waals surface area contributed by atoms with Crippen LogP contribution in [-0.2, 0) is 36.3 Å². The molecule has 0 N–H and O–H groups in total. The van der Waals surface area contributed by atoms with Crippen molar-refractivity contribution in [3.8, 4) is 55.6 Å². The van der Waals surface area contributed by atoms with Crippen molar-refractivity contribution >= 4 is 0 Å². The fraction of sp³-hybridized carbons (Fsp3) is 0.423. The van der Waals surface area contributed by atoms with Crippen LogP contribution >= 0.6 is 0 Å². The predicted octanol–water partition coefficient (Wildman–Crippen LogP) is 31.6. The van der Waals surface area contributed by atoms with Crippen molar-refractivity contribution in [1.29, 1.82) is 0 Å². The Kier molecular flexibility index (Phi) is 29.6. The van der Waals surface area contributed by atoms with Gasteiger partial charge < -0.3 is 0 Å². The molecule has 3 heteroatoms. The molecule has 10 rings (SSSR count). The third-order valence-corrected chi connectivity index (χ3v) is 23.7. The van der Waals surface area contributed by atoms with Crippen LogP contribution in [0, 0.1) is 138 Å². The zero-order chi connectivity index (χ0) is 80.7. The molecule has 0 aliphatic rings. The molecule has 0 aliphatic heterocycles. The van der Waals surface area contributed by atoms with Gasteiger partial charge in [-0.3, -0.25) is 0 Å². The highest BCUT2D eigenvalue weighted by Crippen LogP contribution is 2.43. The van der Waals surface area contributed by atoms with Crippen molar-refractivity contribution in [3.05, 3.63) is 289 Å². The Hall–Kier alpha value is -8.01. The van der Waals surface area contributed by atoms with Crippen molar-refractivity contribution in [2.45, 2.75) is 296 Å². The highest BCUT2D eigenvalue weighted by atomic mass is 19.4. The van der Waals surface area contributed by atoms with E-state index in [9.17, 15) is 13.2 Å². The lowest BCUT2D eigenvalue weighted by molar-refractivity contribution is -0.137. The molecule has 0 nitrogen and oxygen atoms in total. The molecule has 0 saturated carbocycles. The molecule has 0 radical (unpaired) electrons. The minimum absolute atomic E-state index is 0.158. The van der Waals surface area contributed by atoms with Crippen LogP contribution in [-0.4, -0.2) is 0 Å². The maximum absolute atomic E-state index is 12.5. The summed E-state index contributed by atoms with van der Waals surface area (Å²) in [5.41, 5.74) is 51.8. The molecule has 0 saturated heterocycles. The Morgan fingerprint density at radius 1 is 0.252 bits per heavy atom. The van der Waals surface area contributed by atoms with Crippen LogP contribution in [0.1, 0.15) is 283 Å². The summed E-state index contributed by atoms with van der Waals surface area (Å²) in [4.78, 5) is 0. The molecule has 0 heterocycles. The molecule has 10 aromatic carbocycles. The molecule has 0 unspecified atom stereocenters. The standard InChI is InChI=1S/C24H34.C23H32.C21H28.C20H26.C16H15F3/c1-14(2)20-12-22(15(3)4)24(23(13-20)16(5)6)21-10-17(7)19(9)18(8)11-21;1-15-10-18(11-16(2)17(15)3)19-12-20(22(4,5)6)14-21(13-19)23(7,8)9;1-7-17-12-18(8-2)21(19(9-3)13-17)20-10-14(4)16(6)15(5)11-20;1-11-9-19(10-12(2)13(11)3)20-17(7)15(5)14(4)16(6)18(20)8;1-10-8-14(9-11(2)12(10)3)13-4-6-15(7-5-13)16(17,18)19/h10-16H,1-9H3;10-14H,1-9H3;10-13H,7-9H2,1-6H3;9-10H,1-8H3;4-9H,1-3H3. The maximum Gasteiger partial charge on any atom is 0.416 e. The summed E-state index contributed by atoms with van der Waals surface area (Å²) in [6.45, 7) is 78.4. The number of hydrogen-bond acceptors (Lipinski definition) is 0. The first-order valence-electron chi connectivity index (χ1n) is 39.7. The topological polar surface area (TPSA) is 0 Å². The molecule has 0 bridgehead atoms. The number of benzene rings is 10. The van der Waals surface area contributed by atoms with E-state index in [1.807, 2.05) is 32.9 Å². The number of halogens is 3. The van der Waals surface area contributed by atoms with Crippen LogP contribution in [0.5, 0.6) is 0 Å². The Morgan fingerprint density at radius 2 is 0.523 bits per heavy atom. The van der Waals surface area contributed by atoms with E-state index in [1.165, 1.54) is 201 Å². The normalized spacial score (nSPS) is 11.6. The van der Waals surface area contributed by atoms with Gasteiger partial charge in [-0.05, 0) is 410 Å². The third kappa shape index (κ3) is 21.3. The Balaban J connectivity index is 0.000000210. The van der Waals surface area contributed by atoms with E-state index in [4.69, 9.17) is 0 Å². The first kappa shape index (κ1) is 87.9. The van der Waals surface area contributed by atoms with E-state index in [0.717, 1.165) is 53.6 Å². The van der Waals surface area contributed by atoms with Crippen LogP contribution in [0.3, 0.4) is 0 Å². The highest BCUT2D eigenvalue weighted by Gasteiger charge is 2.30. The molecular weight excluding hydrogens is 1310 g/mol. The highest BCUT2D eigenvalue weighted by molar-refractivity contribution is 5.78. The van der Waals surface area contributed by atoms with Crippen molar-refractivity contribution in [3.63, 3.8) is 0 Å². The van der Waals surface area contributed by atoms with Gasteiger partial charge in [-0.25, -0.2) is 0 Å². The number of rotatable bonds is 11. The molecule has 0 atom stereocenters. The summed E-state index contributed by atoms with van der Waals surface area (Å²) in [6.07, 6.45) is -0.964. The summed E-state index contributed by atoms with van der Waals surface area (Å²) >= 11 is 0. The lowest BCUT2D eigenvalue weighted by Crippen LogP contribution is -2.16. The SMILES string of the molecule is CCc1cc(CC)c(-c2cc(C)c(C)c(C)c2)c(CC)c1.Cc1cc(-c2c(C(C)C)cc(C(C)C)cc2C(C)C)cc(C)c1C.Cc1cc(-c2c(C)c(C)c(C)c(C)c2C)cc(C)c1C.Cc1cc(-c2cc(C(C)(C)C)cc(C(C)(C)C)c2)cc(C)c1C.Cc1cc(-c2ccc(C(F)(F)F)cc2)cc(C)c1C. The van der Waals surface area contributed by atoms with E-state index < -0.39 is 11.7 Å². The van der Waals surface area contributed by atoms with E-state index in [-0.39, 0.29) is 10.8 Å². The number of hydrogen-bond donors (Lipinski definition) is 0. The van der Waals surface area contributed by atoms with Gasteiger partial charge in [0.1, 0.15) is 0 Å². The van der Waals surface area contributed by atoms with E-state index in [1.54, 1.807) is 0 Å². The van der Waals surface area contributed by atoms with Gasteiger partial charge in [0.2, 0.25) is 0 Å². The van der Waals surface area contributed by atoms with Crippen LogP contribution in [0.2, 0.25) is 0 Å². The fourth-order valence-corrected chi connectivity index (χ4v) is 14.7. The molecule has 572 valence electrons. The minimum Gasteiger partial charge on any atom is -0.166 e. The Labute approximate surface area is 650 Å². The number of aryl methyl sites for hydroxylation is 13. The predicted molar refractivity (Wildman–Crippen MR) is 467 cm³/mol. The molecule has 10 aromatic rings. The van der Waals surface area contributed by atoms with Crippen molar-refractivity contribution in [2.24, 2.45) is 0 Å². The van der Waals surface area contributed by atoms with Gasteiger partial charge in [-0.1, -0.05) is 219 Å².